The molecule has 3 nitrogen and oxygen atoms in total. The topological polar surface area (TPSA) is 38.3 Å². The molecule has 2 aromatic rings. The molecule has 140 valence electrons. The Labute approximate surface area is 157 Å². The molecule has 0 unspecified atom stereocenters. The first kappa shape index (κ1) is 20.0. The zero-order valence-corrected chi connectivity index (χ0v) is 16.8. The van der Waals surface area contributed by atoms with E-state index in [0.29, 0.717) is 5.92 Å². The SMILES string of the molecule is CC[C@@H](NC(=O)COc1cc(C)ccc1C(C)C)c1ccc(C)cc1C. The lowest BCUT2D eigenvalue weighted by Crippen LogP contribution is -2.32. The summed E-state index contributed by atoms with van der Waals surface area (Å²) in [5.41, 5.74) is 5.87. The van der Waals surface area contributed by atoms with Gasteiger partial charge in [0.05, 0.1) is 6.04 Å². The van der Waals surface area contributed by atoms with E-state index in [1.807, 2.05) is 13.0 Å². The number of aryl methyl sites for hydroxylation is 3. The summed E-state index contributed by atoms with van der Waals surface area (Å²) in [4.78, 5) is 12.5. The van der Waals surface area contributed by atoms with Crippen LogP contribution in [0.25, 0.3) is 0 Å². The Kier molecular flexibility index (Phi) is 6.84. The molecule has 1 N–H and O–H groups in total. The molecular formula is C23H31NO2. The van der Waals surface area contributed by atoms with Crippen LogP contribution in [-0.4, -0.2) is 12.5 Å². The Bertz CT molecular complexity index is 765. The van der Waals surface area contributed by atoms with Crippen molar-refractivity contribution < 1.29 is 9.53 Å². The first-order chi connectivity index (χ1) is 12.3. The summed E-state index contributed by atoms with van der Waals surface area (Å²) in [5, 5.41) is 3.11. The van der Waals surface area contributed by atoms with Crippen LogP contribution in [0.1, 0.15) is 67.0 Å². The monoisotopic (exact) mass is 353 g/mol. The van der Waals surface area contributed by atoms with E-state index in [9.17, 15) is 4.79 Å². The van der Waals surface area contributed by atoms with Crippen LogP contribution >= 0.6 is 0 Å². The Morgan fingerprint density at radius 2 is 1.62 bits per heavy atom. The summed E-state index contributed by atoms with van der Waals surface area (Å²) in [6.07, 6.45) is 0.845. The molecule has 26 heavy (non-hydrogen) atoms. The maximum absolute atomic E-state index is 12.5. The summed E-state index contributed by atoms with van der Waals surface area (Å²) in [6.45, 7) is 12.6. The van der Waals surface area contributed by atoms with Crippen LogP contribution in [0.15, 0.2) is 36.4 Å². The van der Waals surface area contributed by atoms with E-state index in [-0.39, 0.29) is 18.6 Å². The highest BCUT2D eigenvalue weighted by molar-refractivity contribution is 5.78. The molecule has 1 amide bonds. The highest BCUT2D eigenvalue weighted by Gasteiger charge is 2.16. The van der Waals surface area contributed by atoms with Crippen LogP contribution in [0.3, 0.4) is 0 Å². The number of amides is 1. The third kappa shape index (κ3) is 5.10. The fourth-order valence-electron chi connectivity index (χ4n) is 3.24. The van der Waals surface area contributed by atoms with Crippen LogP contribution in [0.5, 0.6) is 5.75 Å². The van der Waals surface area contributed by atoms with Gasteiger partial charge in [0.25, 0.3) is 5.91 Å². The number of nitrogens with one attached hydrogen (secondary N) is 1. The number of hydrogen-bond acceptors (Lipinski definition) is 2. The predicted octanol–water partition coefficient (Wildman–Crippen LogP) is 5.38. The Morgan fingerprint density at radius 3 is 2.19 bits per heavy atom. The van der Waals surface area contributed by atoms with Gasteiger partial charge < -0.3 is 10.1 Å². The summed E-state index contributed by atoms with van der Waals surface area (Å²) >= 11 is 0. The highest BCUT2D eigenvalue weighted by atomic mass is 16.5. The molecule has 0 saturated heterocycles. The minimum atomic E-state index is -0.0898. The zero-order chi connectivity index (χ0) is 19.3. The fourth-order valence-corrected chi connectivity index (χ4v) is 3.24. The lowest BCUT2D eigenvalue weighted by atomic mass is 9.97. The third-order valence-electron chi connectivity index (χ3n) is 4.69. The standard InChI is InChI=1S/C23H31NO2/c1-7-21(20-11-9-16(4)12-18(20)6)24-23(25)14-26-22-13-17(5)8-10-19(22)15(2)3/h8-13,15,21H,7,14H2,1-6H3,(H,24,25)/t21-/m1/s1. The maximum Gasteiger partial charge on any atom is 0.258 e. The van der Waals surface area contributed by atoms with E-state index in [1.54, 1.807) is 0 Å². The Balaban J connectivity index is 2.05. The largest absolute Gasteiger partial charge is 0.483 e. The van der Waals surface area contributed by atoms with Gasteiger partial charge in [-0.2, -0.15) is 0 Å². The van der Waals surface area contributed by atoms with Crippen molar-refractivity contribution in [2.24, 2.45) is 0 Å². The van der Waals surface area contributed by atoms with Crippen molar-refractivity contribution in [1.29, 1.82) is 0 Å². The number of carbonyl (C=O) groups is 1. The van der Waals surface area contributed by atoms with E-state index in [2.05, 4.69) is 70.3 Å². The average molecular weight is 354 g/mol. The van der Waals surface area contributed by atoms with E-state index >= 15 is 0 Å². The molecule has 0 heterocycles. The lowest BCUT2D eigenvalue weighted by molar-refractivity contribution is -0.123. The van der Waals surface area contributed by atoms with Gasteiger partial charge in [-0.25, -0.2) is 0 Å². The number of rotatable bonds is 7. The molecule has 0 aliphatic rings. The van der Waals surface area contributed by atoms with Crippen LogP contribution in [-0.2, 0) is 4.79 Å². The van der Waals surface area contributed by atoms with Gasteiger partial charge in [0.15, 0.2) is 6.61 Å². The number of benzene rings is 2. The van der Waals surface area contributed by atoms with Gasteiger partial charge in [-0.05, 0) is 61.4 Å². The van der Waals surface area contributed by atoms with Crippen molar-refractivity contribution in [3.8, 4) is 5.75 Å². The quantitative estimate of drug-likeness (QED) is 0.725. The first-order valence-corrected chi connectivity index (χ1v) is 9.41. The lowest BCUT2D eigenvalue weighted by Gasteiger charge is -2.21. The number of hydrogen-bond donors (Lipinski definition) is 1. The summed E-state index contributed by atoms with van der Waals surface area (Å²) in [6, 6.07) is 12.5. The molecule has 0 saturated carbocycles. The van der Waals surface area contributed by atoms with Gasteiger partial charge in [0.2, 0.25) is 0 Å². The molecule has 0 spiro atoms. The molecule has 0 aromatic heterocycles. The van der Waals surface area contributed by atoms with Gasteiger partial charge in [-0.15, -0.1) is 0 Å². The Morgan fingerprint density at radius 1 is 1.00 bits per heavy atom. The molecule has 0 bridgehead atoms. The molecule has 0 aliphatic heterocycles. The maximum atomic E-state index is 12.5. The fraction of sp³-hybridized carbons (Fsp3) is 0.435. The van der Waals surface area contributed by atoms with Crippen LogP contribution in [0, 0.1) is 20.8 Å². The molecule has 3 heteroatoms. The Hall–Kier alpha value is -2.29. The highest BCUT2D eigenvalue weighted by Crippen LogP contribution is 2.27. The first-order valence-electron chi connectivity index (χ1n) is 9.41. The predicted molar refractivity (Wildman–Crippen MR) is 108 cm³/mol. The van der Waals surface area contributed by atoms with Crippen molar-refractivity contribution >= 4 is 5.91 Å². The second-order valence-electron chi connectivity index (χ2n) is 7.37. The molecule has 2 aromatic carbocycles. The molecule has 1 atom stereocenters. The van der Waals surface area contributed by atoms with Crippen molar-refractivity contribution in [2.75, 3.05) is 6.61 Å². The summed E-state index contributed by atoms with van der Waals surface area (Å²) in [7, 11) is 0. The molecule has 2 rings (SSSR count). The minimum Gasteiger partial charge on any atom is -0.483 e. The van der Waals surface area contributed by atoms with Crippen LogP contribution in [0.2, 0.25) is 0 Å². The number of ether oxygens (including phenoxy) is 1. The number of carbonyl (C=O) groups excluding carboxylic acids is 1. The van der Waals surface area contributed by atoms with E-state index < -0.39 is 0 Å². The average Bonchev–Trinajstić information content (AvgIpc) is 2.58. The normalized spacial score (nSPS) is 12.1. The van der Waals surface area contributed by atoms with Gasteiger partial charge in [0.1, 0.15) is 5.75 Å². The van der Waals surface area contributed by atoms with E-state index in [1.165, 1.54) is 16.7 Å². The molecular weight excluding hydrogens is 322 g/mol. The summed E-state index contributed by atoms with van der Waals surface area (Å²) in [5.74, 6) is 1.06. The van der Waals surface area contributed by atoms with Gasteiger partial charge in [0, 0.05) is 0 Å². The third-order valence-corrected chi connectivity index (χ3v) is 4.69. The molecule has 0 fully saturated rings. The van der Waals surface area contributed by atoms with Crippen molar-refractivity contribution in [2.45, 2.75) is 59.9 Å². The van der Waals surface area contributed by atoms with Crippen molar-refractivity contribution in [3.63, 3.8) is 0 Å². The second kappa shape index (κ2) is 8.88. The van der Waals surface area contributed by atoms with E-state index in [0.717, 1.165) is 23.3 Å². The second-order valence-corrected chi connectivity index (χ2v) is 7.37. The minimum absolute atomic E-state index is 0.00813. The van der Waals surface area contributed by atoms with Gasteiger partial charge in [-0.1, -0.05) is 56.7 Å². The van der Waals surface area contributed by atoms with Crippen LogP contribution < -0.4 is 10.1 Å². The van der Waals surface area contributed by atoms with Gasteiger partial charge >= 0.3 is 0 Å². The summed E-state index contributed by atoms with van der Waals surface area (Å²) < 4.78 is 5.86. The van der Waals surface area contributed by atoms with Gasteiger partial charge in [-0.3, -0.25) is 4.79 Å². The molecule has 0 aliphatic carbocycles. The molecule has 0 radical (unpaired) electrons. The zero-order valence-electron chi connectivity index (χ0n) is 16.8. The van der Waals surface area contributed by atoms with Crippen molar-refractivity contribution in [1.82, 2.24) is 5.32 Å². The van der Waals surface area contributed by atoms with Crippen molar-refractivity contribution in [3.05, 3.63) is 64.2 Å². The van der Waals surface area contributed by atoms with E-state index in [4.69, 9.17) is 4.74 Å². The smallest absolute Gasteiger partial charge is 0.258 e. The van der Waals surface area contributed by atoms with Crippen LogP contribution in [0.4, 0.5) is 0 Å².